The van der Waals surface area contributed by atoms with Gasteiger partial charge in [0.1, 0.15) is 0 Å². The molecule has 1 aliphatic heterocycles. The summed E-state index contributed by atoms with van der Waals surface area (Å²) in [5, 5.41) is 8.80. The number of rotatable bonds is 9. The number of morpholine rings is 1. The first kappa shape index (κ1) is 21.6. The third-order valence-corrected chi connectivity index (χ3v) is 5.90. The molecule has 2 aliphatic rings. The van der Waals surface area contributed by atoms with Crippen molar-refractivity contribution in [2.45, 2.75) is 51.6 Å². The highest BCUT2D eigenvalue weighted by molar-refractivity contribution is 5.95. The molecule has 3 amide bonds. The summed E-state index contributed by atoms with van der Waals surface area (Å²) in [6, 6.07) is 7.48. The number of carbonyl (C=O) groups is 2. The van der Waals surface area contributed by atoms with Crippen molar-refractivity contribution in [3.05, 3.63) is 29.8 Å². The molecule has 7 heteroatoms. The Morgan fingerprint density at radius 2 is 1.76 bits per heavy atom. The average Bonchev–Trinajstić information content (AvgIpc) is 3.56. The normalized spacial score (nSPS) is 18.3. The highest BCUT2D eigenvalue weighted by Gasteiger charge is 2.27. The second-order valence-electron chi connectivity index (χ2n) is 7.95. The Hall–Kier alpha value is -2.12. The summed E-state index contributed by atoms with van der Waals surface area (Å²) in [6.45, 7) is 8.42. The average molecular weight is 403 g/mol. The molecule has 1 aromatic carbocycles. The van der Waals surface area contributed by atoms with Crippen molar-refractivity contribution >= 4 is 17.6 Å². The lowest BCUT2D eigenvalue weighted by atomic mass is 9.92. The van der Waals surface area contributed by atoms with Gasteiger partial charge in [-0.2, -0.15) is 0 Å². The molecule has 0 bridgehead atoms. The summed E-state index contributed by atoms with van der Waals surface area (Å²) in [4.78, 5) is 26.9. The summed E-state index contributed by atoms with van der Waals surface area (Å²) in [5.74, 6) is 0.466. The van der Waals surface area contributed by atoms with Crippen LogP contribution in [0.25, 0.3) is 0 Å². The van der Waals surface area contributed by atoms with Gasteiger partial charge in [-0.05, 0) is 43.0 Å². The van der Waals surface area contributed by atoms with Gasteiger partial charge < -0.3 is 20.7 Å². The van der Waals surface area contributed by atoms with Crippen LogP contribution in [0, 0.1) is 5.92 Å². The largest absolute Gasteiger partial charge is 0.379 e. The minimum absolute atomic E-state index is 0.0804. The second kappa shape index (κ2) is 10.6. The molecular weight excluding hydrogens is 368 g/mol. The molecule has 1 aromatic rings. The van der Waals surface area contributed by atoms with Crippen LogP contribution in [0.4, 0.5) is 10.5 Å². The van der Waals surface area contributed by atoms with Crippen molar-refractivity contribution < 1.29 is 14.3 Å². The minimum Gasteiger partial charge on any atom is -0.379 e. The molecule has 2 fully saturated rings. The van der Waals surface area contributed by atoms with Crippen molar-refractivity contribution in [1.29, 1.82) is 0 Å². The number of nitrogens with zero attached hydrogens (tertiary/aromatic N) is 1. The molecule has 0 aromatic heterocycles. The van der Waals surface area contributed by atoms with E-state index >= 15 is 0 Å². The summed E-state index contributed by atoms with van der Waals surface area (Å²) in [5.41, 5.74) is 1.28. The number of hydrogen-bond donors (Lipinski definition) is 3. The minimum atomic E-state index is -0.191. The quantitative estimate of drug-likeness (QED) is 0.593. The van der Waals surface area contributed by atoms with Gasteiger partial charge in [0.15, 0.2) is 0 Å². The number of anilines is 1. The molecule has 1 aliphatic carbocycles. The molecule has 0 spiro atoms. The van der Waals surface area contributed by atoms with Gasteiger partial charge in [0.25, 0.3) is 5.91 Å². The molecule has 29 heavy (non-hydrogen) atoms. The fraction of sp³-hybridized carbons (Fsp3) is 0.636. The first-order chi connectivity index (χ1) is 14.1. The highest BCUT2D eigenvalue weighted by atomic mass is 16.5. The van der Waals surface area contributed by atoms with Crippen LogP contribution in [0.15, 0.2) is 24.3 Å². The molecule has 1 unspecified atom stereocenters. The zero-order valence-electron chi connectivity index (χ0n) is 17.6. The van der Waals surface area contributed by atoms with Crippen molar-refractivity contribution in [3.8, 4) is 0 Å². The second-order valence-corrected chi connectivity index (χ2v) is 7.95. The molecule has 3 N–H and O–H groups in total. The number of carbonyl (C=O) groups excluding carboxylic acids is 2. The van der Waals surface area contributed by atoms with Gasteiger partial charge in [-0.1, -0.05) is 26.7 Å². The van der Waals surface area contributed by atoms with E-state index in [1.54, 1.807) is 24.3 Å². The van der Waals surface area contributed by atoms with Crippen LogP contribution in [0.5, 0.6) is 0 Å². The van der Waals surface area contributed by atoms with E-state index in [1.165, 1.54) is 0 Å². The lowest BCUT2D eigenvalue weighted by molar-refractivity contribution is 0.00191. The number of urea groups is 1. The lowest BCUT2D eigenvalue weighted by Crippen LogP contribution is -2.52. The molecule has 1 atom stereocenters. The highest BCUT2D eigenvalue weighted by Crippen LogP contribution is 2.20. The predicted octanol–water partition coefficient (Wildman–Crippen LogP) is 2.84. The SMILES string of the molecule is CCC(CC)C(CNC(=O)c1ccc(NC(=O)NC2CC2)cc1)N1CCOCC1. The number of ether oxygens (including phenoxy) is 1. The summed E-state index contributed by atoms with van der Waals surface area (Å²) in [6.07, 6.45) is 4.29. The zero-order chi connectivity index (χ0) is 20.6. The van der Waals surface area contributed by atoms with E-state index in [1.807, 2.05) is 0 Å². The topological polar surface area (TPSA) is 82.7 Å². The molecule has 1 saturated heterocycles. The van der Waals surface area contributed by atoms with Crippen LogP contribution >= 0.6 is 0 Å². The van der Waals surface area contributed by atoms with Crippen LogP contribution in [0.2, 0.25) is 0 Å². The van der Waals surface area contributed by atoms with E-state index in [4.69, 9.17) is 4.74 Å². The van der Waals surface area contributed by atoms with Crippen molar-refractivity contribution in [1.82, 2.24) is 15.5 Å². The Morgan fingerprint density at radius 1 is 1.10 bits per heavy atom. The molecule has 160 valence electrons. The van der Waals surface area contributed by atoms with Gasteiger partial charge in [-0.15, -0.1) is 0 Å². The van der Waals surface area contributed by atoms with Gasteiger partial charge >= 0.3 is 6.03 Å². The third kappa shape index (κ3) is 6.44. The summed E-state index contributed by atoms with van der Waals surface area (Å²) in [7, 11) is 0. The van der Waals surface area contributed by atoms with Gasteiger partial charge in [-0.25, -0.2) is 4.79 Å². The van der Waals surface area contributed by atoms with Gasteiger partial charge in [0.2, 0.25) is 0 Å². The van der Waals surface area contributed by atoms with Crippen molar-refractivity contribution in [2.75, 3.05) is 38.2 Å². The van der Waals surface area contributed by atoms with Gasteiger partial charge in [0, 0.05) is 43.0 Å². The molecule has 0 radical (unpaired) electrons. The number of nitrogens with one attached hydrogen (secondary N) is 3. The van der Waals surface area contributed by atoms with E-state index in [2.05, 4.69) is 34.7 Å². The van der Waals surface area contributed by atoms with Crippen LogP contribution in [-0.2, 0) is 4.74 Å². The number of amides is 3. The van der Waals surface area contributed by atoms with Crippen LogP contribution in [0.3, 0.4) is 0 Å². The smallest absolute Gasteiger partial charge is 0.319 e. The Morgan fingerprint density at radius 3 is 2.34 bits per heavy atom. The van der Waals surface area contributed by atoms with Crippen molar-refractivity contribution in [2.24, 2.45) is 5.92 Å². The van der Waals surface area contributed by atoms with Crippen LogP contribution in [0.1, 0.15) is 49.9 Å². The summed E-state index contributed by atoms with van der Waals surface area (Å²) >= 11 is 0. The standard InChI is InChI=1S/C22H34N4O3/c1-3-16(4-2)20(26-11-13-29-14-12-26)15-23-21(27)17-5-7-18(8-6-17)24-22(28)25-19-9-10-19/h5-8,16,19-20H,3-4,9-15H2,1-2H3,(H,23,27)(H2,24,25,28). The maximum absolute atomic E-state index is 12.7. The Kier molecular flexibility index (Phi) is 7.89. The Bertz CT molecular complexity index is 665. The fourth-order valence-electron chi connectivity index (χ4n) is 3.92. The zero-order valence-corrected chi connectivity index (χ0v) is 17.6. The molecule has 3 rings (SSSR count). The molecule has 7 nitrogen and oxygen atoms in total. The van der Waals surface area contributed by atoms with E-state index in [9.17, 15) is 9.59 Å². The number of hydrogen-bond acceptors (Lipinski definition) is 4. The van der Waals surface area contributed by atoms with Gasteiger partial charge in [0.05, 0.1) is 13.2 Å². The summed E-state index contributed by atoms with van der Waals surface area (Å²) < 4.78 is 5.49. The Balaban J connectivity index is 1.53. The maximum atomic E-state index is 12.7. The van der Waals surface area contributed by atoms with E-state index in [-0.39, 0.29) is 11.9 Å². The fourth-order valence-corrected chi connectivity index (χ4v) is 3.92. The first-order valence-electron chi connectivity index (χ1n) is 10.9. The Labute approximate surface area is 173 Å². The van der Waals surface area contributed by atoms with E-state index in [0.717, 1.165) is 52.0 Å². The van der Waals surface area contributed by atoms with Gasteiger partial charge in [-0.3, -0.25) is 9.69 Å². The lowest BCUT2D eigenvalue weighted by Gasteiger charge is -2.38. The van der Waals surface area contributed by atoms with Crippen LogP contribution in [-0.4, -0.2) is 61.8 Å². The number of benzene rings is 1. The van der Waals surface area contributed by atoms with Crippen molar-refractivity contribution in [3.63, 3.8) is 0 Å². The predicted molar refractivity (Wildman–Crippen MR) is 114 cm³/mol. The molecule has 1 saturated carbocycles. The monoisotopic (exact) mass is 402 g/mol. The molecular formula is C22H34N4O3. The van der Waals surface area contributed by atoms with E-state index in [0.29, 0.717) is 35.8 Å². The van der Waals surface area contributed by atoms with Crippen LogP contribution < -0.4 is 16.0 Å². The first-order valence-corrected chi connectivity index (χ1v) is 10.9. The van der Waals surface area contributed by atoms with E-state index < -0.39 is 0 Å². The molecule has 1 heterocycles. The maximum Gasteiger partial charge on any atom is 0.319 e. The third-order valence-electron chi connectivity index (χ3n) is 5.90.